The number of terminal acetylenes is 1. The Hall–Kier alpha value is -2.67. The van der Waals surface area contributed by atoms with Gasteiger partial charge in [-0.3, -0.25) is 0 Å². The number of hydrogen-bond acceptors (Lipinski definition) is 3. The summed E-state index contributed by atoms with van der Waals surface area (Å²) in [5.74, 6) is 13.3. The number of aliphatic hydroxyl groups is 1. The fourth-order valence-corrected chi connectivity index (χ4v) is 3.41. The lowest BCUT2D eigenvalue weighted by Crippen LogP contribution is -1.95. The van der Waals surface area contributed by atoms with E-state index in [1.807, 2.05) is 12.2 Å². The summed E-state index contributed by atoms with van der Waals surface area (Å²) in [7, 11) is 1.34. The van der Waals surface area contributed by atoms with E-state index >= 15 is 0 Å². The molecule has 0 saturated heterocycles. The number of ether oxygens (including phenoxy) is 1. The lowest BCUT2D eigenvalue weighted by molar-refractivity contribution is -0.133. The smallest absolute Gasteiger partial charge is 0.384 e. The molecular formula is C32H46O3. The molecule has 3 nitrogen and oxygen atoms in total. The zero-order chi connectivity index (χ0) is 25.7. The highest BCUT2D eigenvalue weighted by Gasteiger charge is 1.93. The molecular weight excluding hydrogens is 432 g/mol. The largest absolute Gasteiger partial charge is 0.459 e. The Bertz CT molecular complexity index is 759. The summed E-state index contributed by atoms with van der Waals surface area (Å²) in [5.41, 5.74) is 0. The number of rotatable bonds is 19. The van der Waals surface area contributed by atoms with Crippen molar-refractivity contribution in [2.75, 3.05) is 7.11 Å². The van der Waals surface area contributed by atoms with Crippen LogP contribution in [0.1, 0.15) is 109 Å². The monoisotopic (exact) mass is 478 g/mol. The Kier molecular flexibility index (Phi) is 25.5. The molecule has 0 aromatic rings. The molecule has 0 spiro atoms. The van der Waals surface area contributed by atoms with E-state index in [0.717, 1.165) is 44.9 Å². The van der Waals surface area contributed by atoms with Crippen LogP contribution in [-0.2, 0) is 9.53 Å². The maximum absolute atomic E-state index is 10.8. The van der Waals surface area contributed by atoms with E-state index in [2.05, 4.69) is 46.5 Å². The lowest BCUT2D eigenvalue weighted by atomic mass is 10.1. The van der Waals surface area contributed by atoms with Gasteiger partial charge in [-0.15, -0.1) is 12.3 Å². The Morgan fingerprint density at radius 2 is 1.37 bits per heavy atom. The second kappa shape index (κ2) is 27.6. The summed E-state index contributed by atoms with van der Waals surface area (Å²) in [5, 5.41) is 9.20. The molecule has 1 atom stereocenters. The van der Waals surface area contributed by atoms with Crippen LogP contribution in [0.4, 0.5) is 0 Å². The van der Waals surface area contributed by atoms with Gasteiger partial charge in [-0.25, -0.2) is 4.79 Å². The predicted octanol–water partition coefficient (Wildman–Crippen LogP) is 7.46. The topological polar surface area (TPSA) is 46.5 Å². The fourth-order valence-electron chi connectivity index (χ4n) is 3.41. The fraction of sp³-hybridized carbons (Fsp3) is 0.594. The van der Waals surface area contributed by atoms with Gasteiger partial charge in [-0.1, -0.05) is 93.4 Å². The maximum atomic E-state index is 10.8. The van der Waals surface area contributed by atoms with E-state index in [4.69, 9.17) is 6.42 Å². The number of methoxy groups -OCH3 is 1. The summed E-state index contributed by atoms with van der Waals surface area (Å²) >= 11 is 0. The molecule has 0 heterocycles. The molecule has 0 rings (SSSR count). The minimum absolute atomic E-state index is 0.490. The van der Waals surface area contributed by atoms with Crippen LogP contribution >= 0.6 is 0 Å². The van der Waals surface area contributed by atoms with Gasteiger partial charge < -0.3 is 9.84 Å². The van der Waals surface area contributed by atoms with Crippen LogP contribution in [0.25, 0.3) is 0 Å². The van der Waals surface area contributed by atoms with Gasteiger partial charge in [-0.05, 0) is 57.1 Å². The first-order valence-electron chi connectivity index (χ1n) is 13.4. The van der Waals surface area contributed by atoms with E-state index < -0.39 is 12.1 Å². The number of carbonyl (C=O) groups excluding carboxylic acids is 1. The molecule has 0 aliphatic carbocycles. The molecule has 3 heteroatoms. The molecule has 0 bridgehead atoms. The molecule has 35 heavy (non-hydrogen) atoms. The normalized spacial score (nSPS) is 11.7. The van der Waals surface area contributed by atoms with E-state index in [9.17, 15) is 9.90 Å². The second-order valence-electron chi connectivity index (χ2n) is 8.59. The molecule has 0 amide bonds. The van der Waals surface area contributed by atoms with Gasteiger partial charge in [0, 0.05) is 18.8 Å². The van der Waals surface area contributed by atoms with Crippen molar-refractivity contribution in [3.05, 3.63) is 36.5 Å². The molecule has 0 unspecified atom stereocenters. The number of allylic oxidation sites excluding steroid dienone is 5. The summed E-state index contributed by atoms with van der Waals surface area (Å²) in [4.78, 5) is 10.8. The first kappa shape index (κ1) is 32.3. The Labute approximate surface area is 215 Å². The zero-order valence-corrected chi connectivity index (χ0v) is 21.9. The number of aliphatic hydroxyl groups excluding tert-OH is 1. The van der Waals surface area contributed by atoms with Crippen molar-refractivity contribution in [3.63, 3.8) is 0 Å². The zero-order valence-electron chi connectivity index (χ0n) is 21.9. The van der Waals surface area contributed by atoms with Crippen LogP contribution < -0.4 is 0 Å². The third-order valence-corrected chi connectivity index (χ3v) is 5.48. The molecule has 192 valence electrons. The number of unbranched alkanes of at least 4 members (excludes halogenated alkanes) is 14. The minimum atomic E-state index is -0.746. The molecule has 0 aromatic carbocycles. The van der Waals surface area contributed by atoms with E-state index in [1.165, 1.54) is 71.3 Å². The lowest BCUT2D eigenvalue weighted by Gasteiger charge is -2.01. The Balaban J connectivity index is 3.34. The van der Waals surface area contributed by atoms with Crippen LogP contribution in [0, 0.1) is 36.0 Å². The molecule has 0 aromatic heterocycles. The third kappa shape index (κ3) is 27.5. The van der Waals surface area contributed by atoms with Gasteiger partial charge in [0.2, 0.25) is 0 Å². The van der Waals surface area contributed by atoms with E-state index in [1.54, 1.807) is 12.2 Å². The third-order valence-electron chi connectivity index (χ3n) is 5.48. The maximum Gasteiger partial charge on any atom is 0.384 e. The molecule has 0 radical (unpaired) electrons. The van der Waals surface area contributed by atoms with Gasteiger partial charge >= 0.3 is 5.97 Å². The van der Waals surface area contributed by atoms with Crippen LogP contribution in [0.15, 0.2) is 36.5 Å². The van der Waals surface area contributed by atoms with Crippen LogP contribution in [0.2, 0.25) is 0 Å². The Morgan fingerprint density at radius 3 is 2.00 bits per heavy atom. The van der Waals surface area contributed by atoms with Crippen LogP contribution in [-0.4, -0.2) is 24.3 Å². The predicted molar refractivity (Wildman–Crippen MR) is 148 cm³/mol. The van der Waals surface area contributed by atoms with Crippen molar-refractivity contribution in [3.8, 4) is 36.0 Å². The highest BCUT2D eigenvalue weighted by molar-refractivity contribution is 5.88. The molecule has 0 aliphatic rings. The van der Waals surface area contributed by atoms with Crippen molar-refractivity contribution < 1.29 is 14.6 Å². The van der Waals surface area contributed by atoms with Crippen LogP contribution in [0.5, 0.6) is 0 Å². The van der Waals surface area contributed by atoms with E-state index in [-0.39, 0.29) is 0 Å². The van der Waals surface area contributed by atoms with Crippen molar-refractivity contribution in [1.29, 1.82) is 0 Å². The van der Waals surface area contributed by atoms with Crippen LogP contribution in [0.3, 0.4) is 0 Å². The number of esters is 1. The van der Waals surface area contributed by atoms with E-state index in [0.29, 0.717) is 0 Å². The van der Waals surface area contributed by atoms with Crippen molar-refractivity contribution in [2.45, 2.75) is 115 Å². The highest BCUT2D eigenvalue weighted by atomic mass is 16.5. The first-order valence-corrected chi connectivity index (χ1v) is 13.4. The summed E-state index contributed by atoms with van der Waals surface area (Å²) < 4.78 is 4.45. The summed E-state index contributed by atoms with van der Waals surface area (Å²) in [6.45, 7) is 0. The van der Waals surface area contributed by atoms with Gasteiger partial charge in [0.15, 0.2) is 0 Å². The van der Waals surface area contributed by atoms with Gasteiger partial charge in [-0.2, -0.15) is 0 Å². The average Bonchev–Trinajstić information content (AvgIpc) is 2.87. The van der Waals surface area contributed by atoms with Crippen molar-refractivity contribution in [2.24, 2.45) is 0 Å². The molecule has 1 N–H and O–H groups in total. The van der Waals surface area contributed by atoms with Crippen molar-refractivity contribution in [1.82, 2.24) is 0 Å². The number of hydrogen-bond donors (Lipinski definition) is 1. The standard InChI is InChI=1S/C32H46O3/c1-3-31(33)29-27-25-23-21-19-17-15-13-11-9-7-5-4-6-8-10-12-14-16-18-20-22-24-26-28-30-32(34)35-2/h1,7,9,24,26-27,29,31,33H,4-6,8,10-12,14,16-23,25H2,2H3/b9-7-,26-24-,29-27+/t31-/m0/s1. The average molecular weight is 479 g/mol. The van der Waals surface area contributed by atoms with Gasteiger partial charge in [0.05, 0.1) is 7.11 Å². The quantitative estimate of drug-likeness (QED) is 0.0689. The number of carbonyl (C=O) groups is 1. The van der Waals surface area contributed by atoms with Crippen molar-refractivity contribution >= 4 is 5.97 Å². The molecule has 0 aliphatic heterocycles. The highest BCUT2D eigenvalue weighted by Crippen LogP contribution is 2.11. The summed E-state index contributed by atoms with van der Waals surface area (Å²) in [6.07, 6.45) is 36.4. The Morgan fingerprint density at radius 1 is 0.800 bits per heavy atom. The van der Waals surface area contributed by atoms with Gasteiger partial charge in [0.1, 0.15) is 6.10 Å². The molecule has 0 fully saturated rings. The SMILES string of the molecule is C#C[C@H](O)/C=C/CCCCCC#CC/C=C\CCCCCCCCCCC/C=C\C#CC(=O)OC. The molecule has 0 saturated carbocycles. The first-order chi connectivity index (χ1) is 17.2. The summed E-state index contributed by atoms with van der Waals surface area (Å²) in [6, 6.07) is 0. The second-order valence-corrected chi connectivity index (χ2v) is 8.59. The minimum Gasteiger partial charge on any atom is -0.459 e. The van der Waals surface area contributed by atoms with Gasteiger partial charge in [0.25, 0.3) is 0 Å².